The molecule has 10 heteroatoms. The van der Waals surface area contributed by atoms with E-state index in [0.717, 1.165) is 23.3 Å². The first kappa shape index (κ1) is 19.9. The molecule has 31 heavy (non-hydrogen) atoms. The molecule has 1 fully saturated rings. The van der Waals surface area contributed by atoms with E-state index in [1.54, 1.807) is 4.68 Å². The number of carbonyl (C=O) groups is 1. The fourth-order valence-corrected chi connectivity index (χ4v) is 4.80. The van der Waals surface area contributed by atoms with Gasteiger partial charge < -0.3 is 9.88 Å². The number of aromatic amines is 1. The summed E-state index contributed by atoms with van der Waals surface area (Å²) in [5.74, 6) is 0.524. The van der Waals surface area contributed by atoms with Crippen LogP contribution >= 0.6 is 22.9 Å². The Balaban J connectivity index is 1.45. The standard InChI is InChI=1S/C21H19ClN6O2S/c22-15-7-2-1-5-13(15)12-28-19-17(25-26-28)20(29)24-18(23-19)14-6-3-9-27(11-14)21(30)16-8-4-10-31-16/h1-2,4-5,7-8,10,14H,3,6,9,11-12H2,(H,23,24,29)/t14-/m1/s1. The molecular weight excluding hydrogens is 436 g/mol. The van der Waals surface area contributed by atoms with E-state index in [-0.39, 0.29) is 22.9 Å². The quantitative estimate of drug-likeness (QED) is 0.510. The normalized spacial score (nSPS) is 16.7. The molecule has 0 unspecified atom stereocenters. The minimum Gasteiger partial charge on any atom is -0.337 e. The number of benzene rings is 1. The molecule has 4 heterocycles. The molecule has 1 atom stereocenters. The first-order chi connectivity index (χ1) is 15.1. The summed E-state index contributed by atoms with van der Waals surface area (Å²) in [6, 6.07) is 11.2. The molecule has 0 spiro atoms. The van der Waals surface area contributed by atoms with Crippen molar-refractivity contribution >= 4 is 40.0 Å². The Bertz CT molecular complexity index is 1300. The van der Waals surface area contributed by atoms with Crippen LogP contribution in [0.3, 0.4) is 0 Å². The second-order valence-corrected chi connectivity index (χ2v) is 8.88. The van der Waals surface area contributed by atoms with Gasteiger partial charge in [-0.15, -0.1) is 16.4 Å². The van der Waals surface area contributed by atoms with E-state index in [1.807, 2.05) is 46.7 Å². The number of nitrogens with zero attached hydrogens (tertiary/aromatic N) is 5. The maximum atomic E-state index is 12.8. The molecule has 0 radical (unpaired) electrons. The van der Waals surface area contributed by atoms with Gasteiger partial charge in [0.1, 0.15) is 5.82 Å². The topological polar surface area (TPSA) is 96.8 Å². The van der Waals surface area contributed by atoms with E-state index in [2.05, 4.69) is 15.3 Å². The zero-order chi connectivity index (χ0) is 21.4. The second kappa shape index (κ2) is 8.24. The molecule has 1 amide bonds. The molecule has 0 saturated carbocycles. The van der Waals surface area contributed by atoms with Crippen LogP contribution in [-0.2, 0) is 6.54 Å². The number of fused-ring (bicyclic) bond motifs is 1. The Morgan fingerprint density at radius 1 is 1.26 bits per heavy atom. The Hall–Kier alpha value is -3.04. The van der Waals surface area contributed by atoms with Crippen molar-refractivity contribution in [2.45, 2.75) is 25.3 Å². The minimum atomic E-state index is -0.327. The van der Waals surface area contributed by atoms with Gasteiger partial charge >= 0.3 is 0 Å². The van der Waals surface area contributed by atoms with E-state index in [1.165, 1.54) is 11.3 Å². The van der Waals surface area contributed by atoms with Crippen LogP contribution in [0.25, 0.3) is 11.2 Å². The fraction of sp³-hybridized carbons (Fsp3) is 0.286. The SMILES string of the molecule is O=C(c1cccs1)N1CCC[C@@H](c2nc3c(nnn3Cc3ccccc3Cl)c(=O)[nH]2)C1. The number of hydrogen-bond acceptors (Lipinski definition) is 6. The third-order valence-electron chi connectivity index (χ3n) is 5.50. The summed E-state index contributed by atoms with van der Waals surface area (Å²) < 4.78 is 1.59. The monoisotopic (exact) mass is 454 g/mol. The van der Waals surface area contributed by atoms with Crippen molar-refractivity contribution < 1.29 is 4.79 Å². The highest BCUT2D eigenvalue weighted by Crippen LogP contribution is 2.26. The smallest absolute Gasteiger partial charge is 0.281 e. The molecule has 1 aromatic carbocycles. The maximum Gasteiger partial charge on any atom is 0.281 e. The highest BCUT2D eigenvalue weighted by atomic mass is 35.5. The Morgan fingerprint density at radius 2 is 2.13 bits per heavy atom. The molecule has 3 aromatic heterocycles. The number of amides is 1. The Kier molecular flexibility index (Phi) is 5.29. The lowest BCUT2D eigenvalue weighted by Gasteiger charge is -2.31. The van der Waals surface area contributed by atoms with Crippen LogP contribution in [0, 0.1) is 0 Å². The van der Waals surface area contributed by atoms with Crippen molar-refractivity contribution in [3.05, 3.63) is 73.4 Å². The first-order valence-corrected chi connectivity index (χ1v) is 11.3. The molecule has 4 aromatic rings. The van der Waals surface area contributed by atoms with Crippen LogP contribution in [0.2, 0.25) is 5.02 Å². The average molecular weight is 455 g/mol. The van der Waals surface area contributed by atoms with Crippen molar-refractivity contribution in [1.29, 1.82) is 0 Å². The van der Waals surface area contributed by atoms with Crippen molar-refractivity contribution in [3.63, 3.8) is 0 Å². The van der Waals surface area contributed by atoms with Crippen LogP contribution in [-0.4, -0.2) is 48.9 Å². The molecule has 0 bridgehead atoms. The van der Waals surface area contributed by atoms with Gasteiger partial charge in [-0.1, -0.05) is 41.1 Å². The molecule has 1 N–H and O–H groups in total. The molecule has 1 aliphatic heterocycles. The number of halogens is 1. The van der Waals surface area contributed by atoms with Crippen LogP contribution in [0.5, 0.6) is 0 Å². The van der Waals surface area contributed by atoms with E-state index >= 15 is 0 Å². The van der Waals surface area contributed by atoms with E-state index in [0.29, 0.717) is 36.1 Å². The van der Waals surface area contributed by atoms with Gasteiger partial charge in [-0.3, -0.25) is 9.59 Å². The summed E-state index contributed by atoms with van der Waals surface area (Å²) in [7, 11) is 0. The number of hydrogen-bond donors (Lipinski definition) is 1. The lowest BCUT2D eigenvalue weighted by molar-refractivity contribution is 0.0709. The predicted octanol–water partition coefficient (Wildman–Crippen LogP) is 3.30. The van der Waals surface area contributed by atoms with Gasteiger partial charge in [-0.25, -0.2) is 9.67 Å². The summed E-state index contributed by atoms with van der Waals surface area (Å²) in [6.45, 7) is 1.57. The number of carbonyl (C=O) groups excluding carboxylic acids is 1. The van der Waals surface area contributed by atoms with Crippen molar-refractivity contribution in [1.82, 2.24) is 29.9 Å². The third kappa shape index (κ3) is 3.86. The van der Waals surface area contributed by atoms with Gasteiger partial charge in [-0.2, -0.15) is 0 Å². The number of H-pyrrole nitrogens is 1. The third-order valence-corrected chi connectivity index (χ3v) is 6.72. The minimum absolute atomic E-state index is 0.0218. The van der Waals surface area contributed by atoms with Crippen molar-refractivity contribution in [2.24, 2.45) is 0 Å². The van der Waals surface area contributed by atoms with E-state index in [9.17, 15) is 9.59 Å². The average Bonchev–Trinajstić information content (AvgIpc) is 3.46. The largest absolute Gasteiger partial charge is 0.337 e. The summed E-state index contributed by atoms with van der Waals surface area (Å²) in [4.78, 5) is 35.6. The summed E-state index contributed by atoms with van der Waals surface area (Å²) in [5.41, 5.74) is 1.15. The predicted molar refractivity (Wildman–Crippen MR) is 119 cm³/mol. The van der Waals surface area contributed by atoms with E-state index < -0.39 is 0 Å². The molecular formula is C21H19ClN6O2S. The summed E-state index contributed by atoms with van der Waals surface area (Å²) in [5, 5.41) is 10.6. The molecule has 1 saturated heterocycles. The lowest BCUT2D eigenvalue weighted by atomic mass is 9.97. The number of rotatable bonds is 4. The number of thiophene rings is 1. The van der Waals surface area contributed by atoms with Gasteiger partial charge in [0.25, 0.3) is 11.5 Å². The number of likely N-dealkylation sites (tertiary alicyclic amines) is 1. The molecule has 5 rings (SSSR count). The Morgan fingerprint density at radius 3 is 2.94 bits per heavy atom. The van der Waals surface area contributed by atoms with Crippen molar-refractivity contribution in [2.75, 3.05) is 13.1 Å². The zero-order valence-electron chi connectivity index (χ0n) is 16.5. The lowest BCUT2D eigenvalue weighted by Crippen LogP contribution is -2.39. The van der Waals surface area contributed by atoms with Gasteiger partial charge in [0.15, 0.2) is 11.2 Å². The Labute approximate surface area is 186 Å². The zero-order valence-corrected chi connectivity index (χ0v) is 18.1. The number of nitrogens with one attached hydrogen (secondary N) is 1. The van der Waals surface area contributed by atoms with Gasteiger partial charge in [0.05, 0.1) is 11.4 Å². The van der Waals surface area contributed by atoms with E-state index in [4.69, 9.17) is 16.6 Å². The maximum absolute atomic E-state index is 12.8. The molecule has 8 nitrogen and oxygen atoms in total. The van der Waals surface area contributed by atoms with Crippen LogP contribution in [0.1, 0.15) is 39.8 Å². The molecule has 158 valence electrons. The number of aromatic nitrogens is 5. The fourth-order valence-electron chi connectivity index (χ4n) is 3.91. The second-order valence-electron chi connectivity index (χ2n) is 7.53. The van der Waals surface area contributed by atoms with Crippen molar-refractivity contribution in [3.8, 4) is 0 Å². The van der Waals surface area contributed by atoms with Crippen LogP contribution in [0.4, 0.5) is 0 Å². The summed E-state index contributed by atoms with van der Waals surface area (Å²) in [6.07, 6.45) is 1.69. The highest BCUT2D eigenvalue weighted by Gasteiger charge is 2.28. The van der Waals surface area contributed by atoms with Gasteiger partial charge in [0, 0.05) is 24.0 Å². The highest BCUT2D eigenvalue weighted by molar-refractivity contribution is 7.12. The van der Waals surface area contributed by atoms with Crippen LogP contribution < -0.4 is 5.56 Å². The molecule has 0 aliphatic carbocycles. The van der Waals surface area contributed by atoms with Crippen LogP contribution in [0.15, 0.2) is 46.6 Å². The van der Waals surface area contributed by atoms with Gasteiger partial charge in [0.2, 0.25) is 0 Å². The molecule has 1 aliphatic rings. The van der Waals surface area contributed by atoms with Gasteiger partial charge in [-0.05, 0) is 35.9 Å². The summed E-state index contributed by atoms with van der Waals surface area (Å²) >= 11 is 7.71. The number of piperidine rings is 1. The first-order valence-electron chi connectivity index (χ1n) is 10.00.